The van der Waals surface area contributed by atoms with E-state index in [1.165, 1.54) is 6.42 Å². The molecule has 0 saturated heterocycles. The van der Waals surface area contributed by atoms with Crippen LogP contribution in [-0.2, 0) is 26.5 Å². The van der Waals surface area contributed by atoms with Crippen molar-refractivity contribution in [1.82, 2.24) is 0 Å². The van der Waals surface area contributed by atoms with Gasteiger partial charge in [-0.2, -0.15) is 0 Å². The Morgan fingerprint density at radius 3 is 1.75 bits per heavy atom. The zero-order valence-corrected chi connectivity index (χ0v) is 9.85. The van der Waals surface area contributed by atoms with Crippen LogP contribution in [-0.4, -0.2) is 5.91 Å². The summed E-state index contributed by atoms with van der Waals surface area (Å²) < 4.78 is 0. The second-order valence-corrected chi connectivity index (χ2v) is 2.70. The minimum absolute atomic E-state index is 0. The van der Waals surface area contributed by atoms with E-state index in [-0.39, 0.29) is 58.4 Å². The standard InChI is InChI=1S/C7H13NO.2ClH.Ti/c8-7(9)6-4-2-1-3-5-6;;;/h6H,1-5H2,(H2,8,9);2*1H;/q;;;+3/p-3. The molecule has 1 aliphatic carbocycles. The number of hydrogen-bond donors (Lipinski definition) is 0. The zero-order valence-electron chi connectivity index (χ0n) is 6.78. The molecule has 0 spiro atoms. The third-order valence-electron chi connectivity index (χ3n) is 1.98. The Labute approximate surface area is 101 Å². The van der Waals surface area contributed by atoms with E-state index in [9.17, 15) is 4.79 Å². The average Bonchev–Trinajstić information content (AvgIpc) is 1.90. The van der Waals surface area contributed by atoms with Gasteiger partial charge < -0.3 is 35.3 Å². The predicted molar refractivity (Wildman–Crippen MR) is 35.9 cm³/mol. The number of hydrogen-bond acceptors (Lipinski definition) is 1. The molecule has 0 heterocycles. The molecule has 0 atom stereocenters. The summed E-state index contributed by atoms with van der Waals surface area (Å²) in [5.74, 6) is -0.270. The maximum atomic E-state index is 10.5. The van der Waals surface area contributed by atoms with Gasteiger partial charge in [0.1, 0.15) is 0 Å². The topological polar surface area (TPSA) is 40.9 Å². The van der Waals surface area contributed by atoms with Crippen LogP contribution in [0.3, 0.4) is 0 Å². The first-order chi connectivity index (χ1) is 4.30. The number of carbonyl (C=O) groups is 1. The zero-order chi connectivity index (χ0) is 6.69. The molecule has 5 heteroatoms. The Balaban J connectivity index is -0.000000270. The second-order valence-electron chi connectivity index (χ2n) is 2.70. The molecule has 69 valence electrons. The van der Waals surface area contributed by atoms with E-state index in [2.05, 4.69) is 0 Å². The van der Waals surface area contributed by atoms with Gasteiger partial charge >= 0.3 is 21.7 Å². The van der Waals surface area contributed by atoms with Crippen LogP contribution >= 0.6 is 0 Å². The Morgan fingerprint density at radius 1 is 1.08 bits per heavy atom. The van der Waals surface area contributed by atoms with Gasteiger partial charge in [-0.1, -0.05) is 19.3 Å². The fourth-order valence-electron chi connectivity index (χ4n) is 1.36. The summed E-state index contributed by atoms with van der Waals surface area (Å²) in [5.41, 5.74) is 6.83. The molecule has 1 aliphatic rings. The molecule has 0 aromatic rings. The van der Waals surface area contributed by atoms with Crippen molar-refractivity contribution < 1.29 is 51.3 Å². The normalized spacial score (nSPS) is 16.3. The first-order valence-corrected chi connectivity index (χ1v) is 3.56. The summed E-state index contributed by atoms with van der Waals surface area (Å²) in [6.07, 6.45) is 5.47. The Hall–Kier alpha value is 0.764. The van der Waals surface area contributed by atoms with Crippen LogP contribution in [0, 0.1) is 5.92 Å². The van der Waals surface area contributed by atoms with Crippen LogP contribution in [0.1, 0.15) is 32.1 Å². The Bertz CT molecular complexity index is 118. The summed E-state index contributed by atoms with van der Waals surface area (Å²) >= 11 is 0. The van der Waals surface area contributed by atoms with Crippen LogP contribution in [0.15, 0.2) is 0 Å². The molecule has 1 N–H and O–H groups in total. The molecule has 12 heavy (non-hydrogen) atoms. The number of carbonyl (C=O) groups excluding carboxylic acids is 1. The van der Waals surface area contributed by atoms with Gasteiger partial charge in [0, 0.05) is 5.92 Å². The van der Waals surface area contributed by atoms with Crippen molar-refractivity contribution >= 4 is 5.91 Å². The van der Waals surface area contributed by atoms with E-state index < -0.39 is 0 Å². The van der Waals surface area contributed by atoms with E-state index in [1.807, 2.05) is 0 Å². The van der Waals surface area contributed by atoms with Crippen LogP contribution in [0.25, 0.3) is 5.73 Å². The van der Waals surface area contributed by atoms with Gasteiger partial charge in [-0.15, -0.1) is 0 Å². The maximum Gasteiger partial charge on any atom is 3.00 e. The van der Waals surface area contributed by atoms with E-state index in [1.54, 1.807) is 0 Å². The number of rotatable bonds is 1. The molecule has 1 radical (unpaired) electrons. The molecule has 1 saturated carbocycles. The van der Waals surface area contributed by atoms with Gasteiger partial charge in [-0.25, -0.2) is 0 Å². The molecule has 0 bridgehead atoms. The SMILES string of the molecule is [Cl-].[Cl-].[NH-]C(=O)C1CCCCC1.[Ti+3]. The predicted octanol–water partition coefficient (Wildman–Crippen LogP) is -3.85. The fourth-order valence-corrected chi connectivity index (χ4v) is 1.36. The van der Waals surface area contributed by atoms with Gasteiger partial charge in [0.15, 0.2) is 0 Å². The molecule has 0 aromatic heterocycles. The van der Waals surface area contributed by atoms with Crippen molar-refractivity contribution in [2.45, 2.75) is 32.1 Å². The third kappa shape index (κ3) is 6.30. The summed E-state index contributed by atoms with van der Waals surface area (Å²) in [6, 6.07) is 0. The summed E-state index contributed by atoms with van der Waals surface area (Å²) in [4.78, 5) is 10.5. The monoisotopic (exact) mass is 244 g/mol. The number of amides is 1. The van der Waals surface area contributed by atoms with Crippen molar-refractivity contribution in [3.05, 3.63) is 5.73 Å². The van der Waals surface area contributed by atoms with Crippen molar-refractivity contribution in [1.29, 1.82) is 0 Å². The molecule has 1 rings (SSSR count). The fraction of sp³-hybridized carbons (Fsp3) is 0.857. The van der Waals surface area contributed by atoms with Crippen molar-refractivity contribution in [2.75, 3.05) is 0 Å². The van der Waals surface area contributed by atoms with Gasteiger partial charge in [0.05, 0.1) is 5.91 Å². The van der Waals surface area contributed by atoms with Crippen molar-refractivity contribution in [2.24, 2.45) is 5.92 Å². The van der Waals surface area contributed by atoms with Crippen LogP contribution < -0.4 is 24.8 Å². The Kier molecular flexibility index (Phi) is 15.2. The molecule has 1 fully saturated rings. The van der Waals surface area contributed by atoms with Crippen LogP contribution in [0.2, 0.25) is 0 Å². The van der Waals surface area contributed by atoms with E-state index >= 15 is 0 Å². The minimum atomic E-state index is -0.352. The largest absolute Gasteiger partial charge is 3.00 e. The van der Waals surface area contributed by atoms with Crippen LogP contribution in [0.5, 0.6) is 0 Å². The molecular weight excluding hydrogens is 233 g/mol. The van der Waals surface area contributed by atoms with E-state index in [4.69, 9.17) is 5.73 Å². The first kappa shape index (κ1) is 18.5. The summed E-state index contributed by atoms with van der Waals surface area (Å²) in [7, 11) is 0. The smallest absolute Gasteiger partial charge is 1.00 e. The van der Waals surface area contributed by atoms with Gasteiger partial charge in [-0.05, 0) is 12.8 Å². The number of halogens is 2. The van der Waals surface area contributed by atoms with Gasteiger partial charge in [0.2, 0.25) is 0 Å². The van der Waals surface area contributed by atoms with Crippen LogP contribution in [0.4, 0.5) is 0 Å². The molecular formula is C7H12Cl2NOTi. The van der Waals surface area contributed by atoms with E-state index in [0.29, 0.717) is 0 Å². The molecule has 0 aliphatic heterocycles. The first-order valence-electron chi connectivity index (χ1n) is 3.56. The second kappa shape index (κ2) is 9.85. The van der Waals surface area contributed by atoms with E-state index in [0.717, 1.165) is 25.7 Å². The number of nitrogens with one attached hydrogen (secondary N) is 1. The maximum absolute atomic E-state index is 10.5. The molecule has 2 nitrogen and oxygen atoms in total. The molecule has 0 unspecified atom stereocenters. The summed E-state index contributed by atoms with van der Waals surface area (Å²) in [6.45, 7) is 0. The average molecular weight is 245 g/mol. The Morgan fingerprint density at radius 2 is 1.50 bits per heavy atom. The third-order valence-corrected chi connectivity index (χ3v) is 1.98. The molecule has 0 aromatic carbocycles. The summed E-state index contributed by atoms with van der Waals surface area (Å²) in [5, 5.41) is 0. The van der Waals surface area contributed by atoms with Crippen molar-refractivity contribution in [3.63, 3.8) is 0 Å². The van der Waals surface area contributed by atoms with Crippen molar-refractivity contribution in [3.8, 4) is 0 Å². The minimum Gasteiger partial charge on any atom is -1.00 e. The van der Waals surface area contributed by atoms with Gasteiger partial charge in [0.25, 0.3) is 0 Å². The molecule has 1 amide bonds. The van der Waals surface area contributed by atoms with Gasteiger partial charge in [-0.3, -0.25) is 0 Å². The quantitative estimate of drug-likeness (QED) is 0.436.